The first-order valence-corrected chi connectivity index (χ1v) is 6.70. The number of hydrogen-bond donors (Lipinski definition) is 1. The van der Waals surface area contributed by atoms with Gasteiger partial charge in [0.05, 0.1) is 7.11 Å². The van der Waals surface area contributed by atoms with Gasteiger partial charge in [0.25, 0.3) is 5.91 Å². The summed E-state index contributed by atoms with van der Waals surface area (Å²) in [5.74, 6) is 0.719. The average molecular weight is 254 g/mol. The number of likely N-dealkylation sites (N-methyl/N-ethyl adjacent to an activating group) is 1. The largest absolute Gasteiger partial charge is 0.495 e. The van der Waals surface area contributed by atoms with Crippen molar-refractivity contribution in [3.63, 3.8) is 0 Å². The summed E-state index contributed by atoms with van der Waals surface area (Å²) in [6.45, 7) is 1.83. The lowest BCUT2D eigenvalue weighted by atomic mass is 10.2. The number of nitrogens with one attached hydrogen (secondary N) is 1. The fourth-order valence-electron chi connectivity index (χ4n) is 2.11. The summed E-state index contributed by atoms with van der Waals surface area (Å²) in [6, 6.07) is 2.27. The van der Waals surface area contributed by atoms with Crippen LogP contribution in [-0.2, 0) is 0 Å². The maximum absolute atomic E-state index is 12.2. The van der Waals surface area contributed by atoms with Gasteiger partial charge in [0.1, 0.15) is 10.6 Å². The van der Waals surface area contributed by atoms with E-state index < -0.39 is 0 Å². The number of carbonyl (C=O) groups is 1. The summed E-state index contributed by atoms with van der Waals surface area (Å²) >= 11 is 1.43. The first-order valence-electron chi connectivity index (χ1n) is 5.82. The third-order valence-electron chi connectivity index (χ3n) is 3.05. The fourth-order valence-corrected chi connectivity index (χ4v) is 2.97. The smallest absolute Gasteiger partial charge is 0.267 e. The van der Waals surface area contributed by atoms with Gasteiger partial charge in [0, 0.05) is 19.6 Å². The Kier molecular flexibility index (Phi) is 4.02. The van der Waals surface area contributed by atoms with Crippen LogP contribution in [-0.4, -0.2) is 44.1 Å². The Morgan fingerprint density at radius 2 is 2.53 bits per heavy atom. The Balaban J connectivity index is 1.98. The normalized spacial score (nSPS) is 19.3. The molecule has 17 heavy (non-hydrogen) atoms. The van der Waals surface area contributed by atoms with Gasteiger partial charge in [0.15, 0.2) is 0 Å². The molecule has 1 fully saturated rings. The second-order valence-corrected chi connectivity index (χ2v) is 5.21. The van der Waals surface area contributed by atoms with Gasteiger partial charge in [-0.1, -0.05) is 0 Å². The van der Waals surface area contributed by atoms with Gasteiger partial charge in [-0.05, 0) is 30.8 Å². The van der Waals surface area contributed by atoms with Crippen LogP contribution in [0.4, 0.5) is 0 Å². The summed E-state index contributed by atoms with van der Waals surface area (Å²) in [4.78, 5) is 14.7. The second kappa shape index (κ2) is 5.51. The monoisotopic (exact) mass is 254 g/mol. The second-order valence-electron chi connectivity index (χ2n) is 4.30. The molecule has 2 heterocycles. The number of carbonyl (C=O) groups excluding carboxylic acids is 1. The predicted octanol–water partition coefficient (Wildman–Crippen LogP) is 1.58. The van der Waals surface area contributed by atoms with Crippen molar-refractivity contribution >= 4 is 17.2 Å². The van der Waals surface area contributed by atoms with Crippen LogP contribution in [0.15, 0.2) is 11.4 Å². The van der Waals surface area contributed by atoms with E-state index in [1.807, 2.05) is 18.5 Å². The molecule has 2 rings (SSSR count). The molecule has 1 N–H and O–H groups in total. The van der Waals surface area contributed by atoms with Crippen molar-refractivity contribution in [2.45, 2.75) is 18.9 Å². The molecular formula is C12H18N2O2S. The Labute approximate surface area is 106 Å². The zero-order chi connectivity index (χ0) is 12.3. The van der Waals surface area contributed by atoms with Crippen molar-refractivity contribution in [3.05, 3.63) is 16.3 Å². The number of thiophene rings is 1. The maximum atomic E-state index is 12.2. The van der Waals surface area contributed by atoms with Crippen molar-refractivity contribution in [2.75, 3.05) is 27.2 Å². The minimum Gasteiger partial charge on any atom is -0.495 e. The summed E-state index contributed by atoms with van der Waals surface area (Å²) in [5.41, 5.74) is 0. The molecule has 0 aliphatic carbocycles. The average Bonchev–Trinajstić information content (AvgIpc) is 2.97. The van der Waals surface area contributed by atoms with Crippen molar-refractivity contribution in [1.29, 1.82) is 0 Å². The van der Waals surface area contributed by atoms with E-state index in [1.54, 1.807) is 12.0 Å². The highest BCUT2D eigenvalue weighted by Gasteiger charge is 2.22. The zero-order valence-corrected chi connectivity index (χ0v) is 11.0. The van der Waals surface area contributed by atoms with Gasteiger partial charge >= 0.3 is 0 Å². The van der Waals surface area contributed by atoms with Gasteiger partial charge in [-0.2, -0.15) is 0 Å². The minimum atomic E-state index is 0.0468. The Bertz CT molecular complexity index is 386. The molecule has 0 spiro atoms. The molecule has 1 atom stereocenters. The number of amides is 1. The SMILES string of the molecule is COc1ccsc1C(=O)N(C)CC1CCCN1. The highest BCUT2D eigenvalue weighted by atomic mass is 32.1. The highest BCUT2D eigenvalue weighted by Crippen LogP contribution is 2.25. The van der Waals surface area contributed by atoms with Crippen molar-refractivity contribution in [2.24, 2.45) is 0 Å². The third kappa shape index (κ3) is 2.79. The van der Waals surface area contributed by atoms with Gasteiger partial charge in [-0.25, -0.2) is 0 Å². The molecule has 0 saturated carbocycles. The number of ether oxygens (including phenoxy) is 1. The topological polar surface area (TPSA) is 41.6 Å². The van der Waals surface area contributed by atoms with E-state index in [0.29, 0.717) is 16.7 Å². The molecule has 1 saturated heterocycles. The van der Waals surface area contributed by atoms with E-state index in [4.69, 9.17) is 4.74 Å². The molecule has 1 aliphatic rings. The molecule has 5 heteroatoms. The lowest BCUT2D eigenvalue weighted by Gasteiger charge is -2.21. The molecule has 94 valence electrons. The summed E-state index contributed by atoms with van der Waals surface area (Å²) in [7, 11) is 3.44. The number of rotatable bonds is 4. The van der Waals surface area contributed by atoms with Crippen molar-refractivity contribution < 1.29 is 9.53 Å². The minimum absolute atomic E-state index is 0.0468. The van der Waals surface area contributed by atoms with E-state index in [0.717, 1.165) is 19.5 Å². The van der Waals surface area contributed by atoms with Crippen LogP contribution in [0.3, 0.4) is 0 Å². The molecular weight excluding hydrogens is 236 g/mol. The van der Waals surface area contributed by atoms with Crippen LogP contribution in [0.5, 0.6) is 5.75 Å². The van der Waals surface area contributed by atoms with Crippen LogP contribution in [0, 0.1) is 0 Å². The zero-order valence-electron chi connectivity index (χ0n) is 10.2. The highest BCUT2D eigenvalue weighted by molar-refractivity contribution is 7.12. The number of nitrogens with zero attached hydrogens (tertiary/aromatic N) is 1. The van der Waals surface area contributed by atoms with E-state index in [9.17, 15) is 4.79 Å². The molecule has 1 unspecified atom stereocenters. The summed E-state index contributed by atoms with van der Waals surface area (Å²) in [5, 5.41) is 5.28. The molecule has 0 aromatic carbocycles. The van der Waals surface area contributed by atoms with Crippen LogP contribution in [0.25, 0.3) is 0 Å². The molecule has 1 aliphatic heterocycles. The lowest BCUT2D eigenvalue weighted by Crippen LogP contribution is -2.38. The molecule has 0 bridgehead atoms. The summed E-state index contributed by atoms with van der Waals surface area (Å²) < 4.78 is 5.17. The van der Waals surface area contributed by atoms with Crippen LogP contribution in [0.1, 0.15) is 22.5 Å². The number of methoxy groups -OCH3 is 1. The maximum Gasteiger partial charge on any atom is 0.267 e. The quantitative estimate of drug-likeness (QED) is 0.887. The lowest BCUT2D eigenvalue weighted by molar-refractivity contribution is 0.0785. The van der Waals surface area contributed by atoms with E-state index >= 15 is 0 Å². The van der Waals surface area contributed by atoms with Gasteiger partial charge in [-0.15, -0.1) is 11.3 Å². The Morgan fingerprint density at radius 3 is 3.18 bits per heavy atom. The first-order chi connectivity index (χ1) is 8.22. The van der Waals surface area contributed by atoms with E-state index in [-0.39, 0.29) is 5.91 Å². The molecule has 0 radical (unpaired) electrons. The Hall–Kier alpha value is -1.07. The first kappa shape index (κ1) is 12.4. The third-order valence-corrected chi connectivity index (χ3v) is 3.93. The standard InChI is InChI=1S/C12H18N2O2S/c1-14(8-9-4-3-6-13-9)12(15)11-10(16-2)5-7-17-11/h5,7,9,13H,3-4,6,8H2,1-2H3. The molecule has 1 aromatic rings. The van der Waals surface area contributed by atoms with Crippen LogP contribution in [0.2, 0.25) is 0 Å². The predicted molar refractivity (Wildman–Crippen MR) is 68.9 cm³/mol. The van der Waals surface area contributed by atoms with Crippen LogP contribution >= 0.6 is 11.3 Å². The van der Waals surface area contributed by atoms with E-state index in [1.165, 1.54) is 17.8 Å². The van der Waals surface area contributed by atoms with Gasteiger partial charge in [-0.3, -0.25) is 4.79 Å². The molecule has 1 amide bonds. The molecule has 1 aromatic heterocycles. The Morgan fingerprint density at radius 1 is 1.71 bits per heavy atom. The van der Waals surface area contributed by atoms with Crippen LogP contribution < -0.4 is 10.1 Å². The van der Waals surface area contributed by atoms with Gasteiger partial charge in [0.2, 0.25) is 0 Å². The van der Waals surface area contributed by atoms with E-state index in [2.05, 4.69) is 5.32 Å². The van der Waals surface area contributed by atoms with Gasteiger partial charge < -0.3 is 15.0 Å². The van der Waals surface area contributed by atoms with Crippen molar-refractivity contribution in [1.82, 2.24) is 10.2 Å². The van der Waals surface area contributed by atoms with Crippen molar-refractivity contribution in [3.8, 4) is 5.75 Å². The number of hydrogen-bond acceptors (Lipinski definition) is 4. The molecule has 4 nitrogen and oxygen atoms in total. The summed E-state index contributed by atoms with van der Waals surface area (Å²) in [6.07, 6.45) is 2.36. The fraction of sp³-hybridized carbons (Fsp3) is 0.583.